The predicted molar refractivity (Wildman–Crippen MR) is 91.8 cm³/mol. The monoisotopic (exact) mass is 327 g/mol. The quantitative estimate of drug-likeness (QED) is 0.707. The molecule has 4 heteroatoms. The highest BCUT2D eigenvalue weighted by molar-refractivity contribution is 7.21. The Morgan fingerprint density at radius 1 is 1.14 bits per heavy atom. The largest absolute Gasteiger partial charge is 0.344 e. The summed E-state index contributed by atoms with van der Waals surface area (Å²) in [6.45, 7) is 0. The fourth-order valence-corrected chi connectivity index (χ4v) is 4.51. The van der Waals surface area contributed by atoms with E-state index in [1.807, 2.05) is 36.4 Å². The molecule has 1 atom stereocenters. The van der Waals surface area contributed by atoms with Crippen molar-refractivity contribution in [3.05, 3.63) is 69.6 Å². The lowest BCUT2D eigenvalue weighted by molar-refractivity contribution is 0.0941. The fourth-order valence-electron chi connectivity index (χ4n) is 3.09. The number of rotatable bonds is 2. The highest BCUT2D eigenvalue weighted by atomic mass is 35.5. The predicted octanol–water partition coefficient (Wildman–Crippen LogP) is 4.97. The van der Waals surface area contributed by atoms with Crippen molar-refractivity contribution < 1.29 is 4.79 Å². The maximum atomic E-state index is 12.6. The number of fused-ring (bicyclic) bond motifs is 2. The van der Waals surface area contributed by atoms with Crippen molar-refractivity contribution >= 4 is 38.9 Å². The van der Waals surface area contributed by atoms with Gasteiger partial charge in [0.2, 0.25) is 0 Å². The SMILES string of the molecule is O=C(N[C@H]1CCc2ccccc21)c1sc2ccccc2c1Cl. The van der Waals surface area contributed by atoms with Crippen molar-refractivity contribution in [2.75, 3.05) is 0 Å². The number of halogens is 1. The van der Waals surface area contributed by atoms with Gasteiger partial charge < -0.3 is 5.32 Å². The number of nitrogens with one attached hydrogen (secondary N) is 1. The van der Waals surface area contributed by atoms with Gasteiger partial charge >= 0.3 is 0 Å². The molecule has 0 spiro atoms. The third kappa shape index (κ3) is 2.21. The minimum atomic E-state index is -0.0760. The molecule has 110 valence electrons. The number of carbonyl (C=O) groups excluding carboxylic acids is 1. The molecule has 4 rings (SSSR count). The zero-order valence-electron chi connectivity index (χ0n) is 11.8. The fraction of sp³-hybridized carbons (Fsp3) is 0.167. The average molecular weight is 328 g/mol. The number of amides is 1. The first-order chi connectivity index (χ1) is 10.7. The van der Waals surface area contributed by atoms with Gasteiger partial charge in [-0.3, -0.25) is 4.79 Å². The lowest BCUT2D eigenvalue weighted by atomic mass is 10.1. The van der Waals surface area contributed by atoms with Crippen molar-refractivity contribution in [1.29, 1.82) is 0 Å². The van der Waals surface area contributed by atoms with Crippen LogP contribution in [0.4, 0.5) is 0 Å². The lowest BCUT2D eigenvalue weighted by Gasteiger charge is -2.13. The molecule has 2 aromatic carbocycles. The molecule has 0 saturated carbocycles. The van der Waals surface area contributed by atoms with Gasteiger partial charge in [0.25, 0.3) is 5.91 Å². The average Bonchev–Trinajstić information content (AvgIpc) is 3.10. The first kappa shape index (κ1) is 13.8. The summed E-state index contributed by atoms with van der Waals surface area (Å²) in [5.74, 6) is -0.0760. The Bertz CT molecular complexity index is 870. The van der Waals surface area contributed by atoms with Crippen LogP contribution in [0.2, 0.25) is 5.02 Å². The van der Waals surface area contributed by atoms with Crippen LogP contribution < -0.4 is 5.32 Å². The highest BCUT2D eigenvalue weighted by Gasteiger charge is 2.25. The van der Waals surface area contributed by atoms with Crippen LogP contribution >= 0.6 is 22.9 Å². The summed E-state index contributed by atoms with van der Waals surface area (Å²) in [7, 11) is 0. The molecule has 0 bridgehead atoms. The lowest BCUT2D eigenvalue weighted by Crippen LogP contribution is -2.26. The van der Waals surface area contributed by atoms with Crippen LogP contribution in [0.15, 0.2) is 48.5 Å². The highest BCUT2D eigenvalue weighted by Crippen LogP contribution is 2.36. The standard InChI is InChI=1S/C18H14ClNOS/c19-16-13-7-3-4-8-15(13)22-17(16)18(21)20-14-10-9-11-5-1-2-6-12(11)14/h1-8,14H,9-10H2,(H,20,21)/t14-/m0/s1. The second kappa shape index (κ2) is 5.41. The molecule has 0 aliphatic heterocycles. The molecular formula is C18H14ClNOS. The number of hydrogen-bond donors (Lipinski definition) is 1. The molecule has 0 radical (unpaired) electrons. The number of aryl methyl sites for hydroxylation is 1. The molecule has 1 aliphatic rings. The summed E-state index contributed by atoms with van der Waals surface area (Å²) < 4.78 is 1.05. The molecule has 1 heterocycles. The Kier molecular flexibility index (Phi) is 3.40. The minimum absolute atomic E-state index is 0.0760. The van der Waals surface area contributed by atoms with Gasteiger partial charge in [0.1, 0.15) is 4.88 Å². The summed E-state index contributed by atoms with van der Waals surface area (Å²) in [6.07, 6.45) is 1.97. The molecule has 1 amide bonds. The van der Waals surface area contributed by atoms with Crippen LogP contribution in [0.25, 0.3) is 10.1 Å². The van der Waals surface area contributed by atoms with Crippen molar-refractivity contribution in [2.24, 2.45) is 0 Å². The third-order valence-electron chi connectivity index (χ3n) is 4.18. The van der Waals surface area contributed by atoms with Gasteiger partial charge in [-0.15, -0.1) is 11.3 Å². The molecule has 1 aliphatic carbocycles. The van der Waals surface area contributed by atoms with Crippen molar-refractivity contribution in [3.63, 3.8) is 0 Å². The van der Waals surface area contributed by atoms with E-state index >= 15 is 0 Å². The van der Waals surface area contributed by atoms with Crippen LogP contribution in [0.3, 0.4) is 0 Å². The smallest absolute Gasteiger partial charge is 0.263 e. The summed E-state index contributed by atoms with van der Waals surface area (Å²) >= 11 is 7.84. The first-order valence-electron chi connectivity index (χ1n) is 7.30. The Balaban J connectivity index is 1.64. The van der Waals surface area contributed by atoms with Gasteiger partial charge in [0.15, 0.2) is 0 Å². The Morgan fingerprint density at radius 2 is 1.91 bits per heavy atom. The normalized spacial score (nSPS) is 16.7. The maximum Gasteiger partial charge on any atom is 0.263 e. The van der Waals surface area contributed by atoms with Crippen LogP contribution in [0, 0.1) is 0 Å². The van der Waals surface area contributed by atoms with Gasteiger partial charge in [0, 0.05) is 10.1 Å². The van der Waals surface area contributed by atoms with E-state index in [1.54, 1.807) is 0 Å². The van der Waals surface area contributed by atoms with E-state index in [9.17, 15) is 4.79 Å². The number of hydrogen-bond acceptors (Lipinski definition) is 2. The zero-order chi connectivity index (χ0) is 15.1. The second-order valence-corrected chi connectivity index (χ2v) is 6.94. The molecule has 3 aromatic rings. The Hall–Kier alpha value is -1.84. The first-order valence-corrected chi connectivity index (χ1v) is 8.49. The number of carbonyl (C=O) groups is 1. The van der Waals surface area contributed by atoms with E-state index < -0.39 is 0 Å². The molecule has 1 N–H and O–H groups in total. The molecule has 0 fully saturated rings. The van der Waals surface area contributed by atoms with E-state index in [-0.39, 0.29) is 11.9 Å². The van der Waals surface area contributed by atoms with Gasteiger partial charge in [-0.1, -0.05) is 54.1 Å². The van der Waals surface area contributed by atoms with Crippen LogP contribution in [0.5, 0.6) is 0 Å². The van der Waals surface area contributed by atoms with Crippen LogP contribution in [0.1, 0.15) is 33.3 Å². The van der Waals surface area contributed by atoms with Crippen molar-refractivity contribution in [1.82, 2.24) is 5.32 Å². The summed E-state index contributed by atoms with van der Waals surface area (Å²) in [5.41, 5.74) is 2.56. The number of thiophene rings is 1. The third-order valence-corrected chi connectivity index (χ3v) is 5.85. The van der Waals surface area contributed by atoms with E-state index in [1.165, 1.54) is 22.5 Å². The van der Waals surface area contributed by atoms with E-state index in [2.05, 4.69) is 17.4 Å². The van der Waals surface area contributed by atoms with Crippen molar-refractivity contribution in [2.45, 2.75) is 18.9 Å². The molecule has 1 aromatic heterocycles. The minimum Gasteiger partial charge on any atom is -0.344 e. The van der Waals surface area contributed by atoms with E-state index in [0.717, 1.165) is 22.9 Å². The van der Waals surface area contributed by atoms with Crippen LogP contribution in [-0.2, 0) is 6.42 Å². The van der Waals surface area contributed by atoms with Gasteiger partial charge in [0.05, 0.1) is 11.1 Å². The molecule has 22 heavy (non-hydrogen) atoms. The second-order valence-electron chi connectivity index (χ2n) is 5.50. The van der Waals surface area contributed by atoms with Crippen LogP contribution in [-0.4, -0.2) is 5.91 Å². The maximum absolute atomic E-state index is 12.6. The van der Waals surface area contributed by atoms with Gasteiger partial charge in [-0.2, -0.15) is 0 Å². The van der Waals surface area contributed by atoms with Gasteiger partial charge in [-0.05, 0) is 30.0 Å². The van der Waals surface area contributed by atoms with E-state index in [0.29, 0.717) is 9.90 Å². The van der Waals surface area contributed by atoms with Crippen molar-refractivity contribution in [3.8, 4) is 0 Å². The topological polar surface area (TPSA) is 29.1 Å². The van der Waals surface area contributed by atoms with E-state index in [4.69, 9.17) is 11.6 Å². The molecular weight excluding hydrogens is 314 g/mol. The Morgan fingerprint density at radius 3 is 2.77 bits per heavy atom. The summed E-state index contributed by atoms with van der Waals surface area (Å²) in [6, 6.07) is 16.2. The molecule has 0 unspecified atom stereocenters. The molecule has 2 nitrogen and oxygen atoms in total. The summed E-state index contributed by atoms with van der Waals surface area (Å²) in [5, 5.41) is 4.65. The van der Waals surface area contributed by atoms with Gasteiger partial charge in [-0.25, -0.2) is 0 Å². The number of benzene rings is 2. The Labute approximate surface area is 137 Å². The zero-order valence-corrected chi connectivity index (χ0v) is 13.4. The molecule has 0 saturated heterocycles. The summed E-state index contributed by atoms with van der Waals surface area (Å²) in [4.78, 5) is 13.2.